The molecule has 5 aromatic rings. The van der Waals surface area contributed by atoms with Crippen LogP contribution in [0.25, 0.3) is 33.5 Å². The molecule has 4 aromatic carbocycles. The third kappa shape index (κ3) is 6.02. The molecule has 0 saturated heterocycles. The standard InChI is InChI=1S/C35H33N3O3/c1-6-30(34(39)38-31-23(4)8-7-9-24(31)5)41-35(40)27-18-19-28-29(20-27)37-33(26-16-12-22(3)13-17-26)32(36-28)25-14-10-21(2)11-15-25/h7-20,30H,6H2,1-5H3,(H,38,39). The molecule has 1 amide bonds. The topological polar surface area (TPSA) is 81.2 Å². The van der Waals surface area contributed by atoms with Crippen LogP contribution in [-0.4, -0.2) is 27.9 Å². The first kappa shape index (κ1) is 27.7. The quantitative estimate of drug-likeness (QED) is 0.212. The maximum absolute atomic E-state index is 13.2. The first-order chi connectivity index (χ1) is 19.7. The average molecular weight is 544 g/mol. The summed E-state index contributed by atoms with van der Waals surface area (Å²) < 4.78 is 5.68. The Bertz CT molecular complexity index is 1720. The number of carbonyl (C=O) groups excluding carboxylic acids is 2. The van der Waals surface area contributed by atoms with Crippen LogP contribution in [0.1, 0.15) is 46.0 Å². The third-order valence-electron chi connectivity index (χ3n) is 7.19. The number of nitrogens with one attached hydrogen (secondary N) is 1. The predicted molar refractivity (Wildman–Crippen MR) is 164 cm³/mol. The summed E-state index contributed by atoms with van der Waals surface area (Å²) in [7, 11) is 0. The van der Waals surface area contributed by atoms with Crippen LogP contribution in [0.2, 0.25) is 0 Å². The van der Waals surface area contributed by atoms with Crippen LogP contribution in [-0.2, 0) is 9.53 Å². The normalized spacial score (nSPS) is 11.7. The highest BCUT2D eigenvalue weighted by atomic mass is 16.5. The number of para-hydroxylation sites is 1. The number of carbonyl (C=O) groups is 2. The van der Waals surface area contributed by atoms with Crippen LogP contribution in [0.3, 0.4) is 0 Å². The number of benzene rings is 4. The molecule has 0 fully saturated rings. The van der Waals surface area contributed by atoms with Crippen molar-refractivity contribution in [3.8, 4) is 22.5 Å². The Kier molecular flexibility index (Phi) is 7.92. The SMILES string of the molecule is CCC(OC(=O)c1ccc2nc(-c3ccc(C)cc3)c(-c3ccc(C)cc3)nc2c1)C(=O)Nc1c(C)cccc1C. The Morgan fingerprint density at radius 2 is 1.27 bits per heavy atom. The van der Waals surface area contributed by atoms with Gasteiger partial charge in [0.15, 0.2) is 6.10 Å². The van der Waals surface area contributed by atoms with E-state index in [-0.39, 0.29) is 5.91 Å². The van der Waals surface area contributed by atoms with E-state index in [9.17, 15) is 9.59 Å². The zero-order chi connectivity index (χ0) is 29.1. The van der Waals surface area contributed by atoms with Gasteiger partial charge in [0.05, 0.1) is 28.0 Å². The zero-order valence-corrected chi connectivity index (χ0v) is 24.0. The number of esters is 1. The minimum atomic E-state index is -0.935. The summed E-state index contributed by atoms with van der Waals surface area (Å²) in [5.41, 5.74) is 9.87. The summed E-state index contributed by atoms with van der Waals surface area (Å²) in [5.74, 6) is -0.945. The molecule has 0 saturated carbocycles. The van der Waals surface area contributed by atoms with Gasteiger partial charge in [0, 0.05) is 16.8 Å². The molecule has 0 radical (unpaired) electrons. The number of anilines is 1. The molecule has 0 aliphatic rings. The molecule has 6 heteroatoms. The highest BCUT2D eigenvalue weighted by Crippen LogP contribution is 2.32. The van der Waals surface area contributed by atoms with Crippen molar-refractivity contribution in [2.75, 3.05) is 5.32 Å². The van der Waals surface area contributed by atoms with Gasteiger partial charge in [-0.15, -0.1) is 0 Å². The minimum absolute atomic E-state index is 0.308. The number of aromatic nitrogens is 2. The highest BCUT2D eigenvalue weighted by molar-refractivity contribution is 5.99. The maximum Gasteiger partial charge on any atom is 0.338 e. The van der Waals surface area contributed by atoms with Gasteiger partial charge in [-0.1, -0.05) is 84.8 Å². The van der Waals surface area contributed by atoms with E-state index in [0.717, 1.165) is 50.5 Å². The monoisotopic (exact) mass is 543 g/mol. The molecule has 0 spiro atoms. The van der Waals surface area contributed by atoms with E-state index in [2.05, 4.69) is 17.4 Å². The van der Waals surface area contributed by atoms with Crippen molar-refractivity contribution in [1.29, 1.82) is 0 Å². The van der Waals surface area contributed by atoms with Gasteiger partial charge in [0.2, 0.25) is 0 Å². The predicted octanol–water partition coefficient (Wildman–Crippen LogP) is 7.77. The fourth-order valence-electron chi connectivity index (χ4n) is 4.74. The lowest BCUT2D eigenvalue weighted by Crippen LogP contribution is -2.32. The lowest BCUT2D eigenvalue weighted by Gasteiger charge is -2.18. The Hall–Kier alpha value is -4.84. The van der Waals surface area contributed by atoms with Crippen molar-refractivity contribution < 1.29 is 14.3 Å². The largest absolute Gasteiger partial charge is 0.449 e. The number of amides is 1. The second kappa shape index (κ2) is 11.7. The van der Waals surface area contributed by atoms with Gasteiger partial charge >= 0.3 is 5.97 Å². The fourth-order valence-corrected chi connectivity index (χ4v) is 4.74. The number of hydrogen-bond acceptors (Lipinski definition) is 5. The molecular formula is C35H33N3O3. The first-order valence-corrected chi connectivity index (χ1v) is 13.8. The third-order valence-corrected chi connectivity index (χ3v) is 7.19. The van der Waals surface area contributed by atoms with Gasteiger partial charge in [-0.25, -0.2) is 14.8 Å². The van der Waals surface area contributed by atoms with E-state index in [1.807, 2.05) is 89.2 Å². The van der Waals surface area contributed by atoms with Gasteiger partial charge in [-0.05, 0) is 63.4 Å². The van der Waals surface area contributed by atoms with Crippen molar-refractivity contribution >= 4 is 28.6 Å². The summed E-state index contributed by atoms with van der Waals surface area (Å²) in [5, 5.41) is 2.93. The van der Waals surface area contributed by atoms with E-state index in [1.165, 1.54) is 0 Å². The lowest BCUT2D eigenvalue weighted by atomic mass is 10.0. The van der Waals surface area contributed by atoms with Crippen LogP contribution in [0.15, 0.2) is 84.9 Å². The second-order valence-electron chi connectivity index (χ2n) is 10.4. The van der Waals surface area contributed by atoms with Crippen molar-refractivity contribution in [2.45, 2.75) is 47.1 Å². The van der Waals surface area contributed by atoms with Crippen LogP contribution >= 0.6 is 0 Å². The number of fused-ring (bicyclic) bond motifs is 1. The van der Waals surface area contributed by atoms with Crippen LogP contribution < -0.4 is 5.32 Å². The van der Waals surface area contributed by atoms with Crippen LogP contribution in [0, 0.1) is 27.7 Å². The molecule has 1 atom stereocenters. The van der Waals surface area contributed by atoms with Crippen molar-refractivity contribution in [2.24, 2.45) is 0 Å². The number of aryl methyl sites for hydroxylation is 4. The summed E-state index contributed by atoms with van der Waals surface area (Å²) in [6.07, 6.45) is -0.594. The summed E-state index contributed by atoms with van der Waals surface area (Å²) >= 11 is 0. The Morgan fingerprint density at radius 3 is 1.80 bits per heavy atom. The summed E-state index contributed by atoms with van der Waals surface area (Å²) in [6.45, 7) is 9.77. The van der Waals surface area contributed by atoms with E-state index >= 15 is 0 Å². The molecule has 1 aromatic heterocycles. The lowest BCUT2D eigenvalue weighted by molar-refractivity contribution is -0.124. The molecule has 0 aliphatic heterocycles. The van der Waals surface area contributed by atoms with Gasteiger partial charge in [-0.3, -0.25) is 4.79 Å². The molecule has 5 rings (SSSR count). The molecule has 0 aliphatic carbocycles. The minimum Gasteiger partial charge on any atom is -0.449 e. The number of nitrogens with zero attached hydrogens (tertiary/aromatic N) is 2. The van der Waals surface area contributed by atoms with E-state index in [1.54, 1.807) is 18.2 Å². The Balaban J connectivity index is 1.47. The van der Waals surface area contributed by atoms with Crippen molar-refractivity contribution in [3.05, 3.63) is 113 Å². The molecule has 6 nitrogen and oxygen atoms in total. The van der Waals surface area contributed by atoms with E-state index in [4.69, 9.17) is 14.7 Å². The smallest absolute Gasteiger partial charge is 0.338 e. The fraction of sp³-hybridized carbons (Fsp3) is 0.200. The van der Waals surface area contributed by atoms with Gasteiger partial charge in [0.1, 0.15) is 0 Å². The van der Waals surface area contributed by atoms with Crippen LogP contribution in [0.4, 0.5) is 5.69 Å². The Labute approximate surface area is 240 Å². The molecule has 1 heterocycles. The van der Waals surface area contributed by atoms with E-state index < -0.39 is 12.1 Å². The van der Waals surface area contributed by atoms with E-state index in [0.29, 0.717) is 23.0 Å². The maximum atomic E-state index is 13.2. The molecule has 0 bridgehead atoms. The second-order valence-corrected chi connectivity index (χ2v) is 10.4. The summed E-state index contributed by atoms with van der Waals surface area (Å²) in [6, 6.07) is 27.3. The molecule has 41 heavy (non-hydrogen) atoms. The average Bonchev–Trinajstić information content (AvgIpc) is 2.97. The van der Waals surface area contributed by atoms with Crippen molar-refractivity contribution in [3.63, 3.8) is 0 Å². The Morgan fingerprint density at radius 1 is 0.732 bits per heavy atom. The van der Waals surface area contributed by atoms with Gasteiger partial charge < -0.3 is 10.1 Å². The number of rotatable bonds is 7. The summed E-state index contributed by atoms with van der Waals surface area (Å²) in [4.78, 5) is 36.2. The van der Waals surface area contributed by atoms with Gasteiger partial charge in [-0.2, -0.15) is 0 Å². The van der Waals surface area contributed by atoms with Crippen molar-refractivity contribution in [1.82, 2.24) is 9.97 Å². The zero-order valence-electron chi connectivity index (χ0n) is 24.0. The molecule has 1 N–H and O–H groups in total. The van der Waals surface area contributed by atoms with Gasteiger partial charge in [0.25, 0.3) is 5.91 Å². The molecule has 206 valence electrons. The molecular weight excluding hydrogens is 510 g/mol. The highest BCUT2D eigenvalue weighted by Gasteiger charge is 2.24. The first-order valence-electron chi connectivity index (χ1n) is 13.8. The number of hydrogen-bond donors (Lipinski definition) is 1. The number of ether oxygens (including phenoxy) is 1. The van der Waals surface area contributed by atoms with Crippen LogP contribution in [0.5, 0.6) is 0 Å². The molecule has 1 unspecified atom stereocenters.